The van der Waals surface area contributed by atoms with Crippen LogP contribution in [0.5, 0.6) is 0 Å². The van der Waals surface area contributed by atoms with E-state index in [2.05, 4.69) is 5.32 Å². The first-order valence-electron chi connectivity index (χ1n) is 7.93. The molecule has 0 radical (unpaired) electrons. The van der Waals surface area contributed by atoms with Gasteiger partial charge in [0.05, 0.1) is 12.6 Å². The van der Waals surface area contributed by atoms with Crippen molar-refractivity contribution in [2.24, 2.45) is 0 Å². The van der Waals surface area contributed by atoms with E-state index in [1.807, 2.05) is 0 Å². The van der Waals surface area contributed by atoms with E-state index in [0.29, 0.717) is 25.1 Å². The lowest BCUT2D eigenvalue weighted by Crippen LogP contribution is -2.42. The normalized spacial score (nSPS) is 17.0. The molecule has 5 nitrogen and oxygen atoms in total. The van der Waals surface area contributed by atoms with Gasteiger partial charge in [0, 0.05) is 26.6 Å². The van der Waals surface area contributed by atoms with Gasteiger partial charge in [0.25, 0.3) is 0 Å². The fourth-order valence-corrected chi connectivity index (χ4v) is 2.57. The van der Waals surface area contributed by atoms with Crippen LogP contribution in [0.3, 0.4) is 0 Å². The van der Waals surface area contributed by atoms with Gasteiger partial charge in [-0.1, -0.05) is 18.2 Å². The van der Waals surface area contributed by atoms with Gasteiger partial charge in [0.1, 0.15) is 5.82 Å². The van der Waals surface area contributed by atoms with Crippen molar-refractivity contribution in [1.29, 1.82) is 0 Å². The van der Waals surface area contributed by atoms with E-state index < -0.39 is 0 Å². The molecule has 0 spiro atoms. The first-order chi connectivity index (χ1) is 11.1. The Morgan fingerprint density at radius 3 is 2.83 bits per heavy atom. The average molecular weight is 322 g/mol. The molecule has 1 heterocycles. The molecule has 0 aromatic heterocycles. The number of hydrogen-bond acceptors (Lipinski definition) is 3. The van der Waals surface area contributed by atoms with Gasteiger partial charge in [-0.05, 0) is 30.9 Å². The van der Waals surface area contributed by atoms with E-state index in [-0.39, 0.29) is 30.3 Å². The van der Waals surface area contributed by atoms with Gasteiger partial charge < -0.3 is 15.0 Å². The molecule has 1 unspecified atom stereocenters. The Morgan fingerprint density at radius 2 is 2.17 bits per heavy atom. The monoisotopic (exact) mass is 322 g/mol. The summed E-state index contributed by atoms with van der Waals surface area (Å²) in [6.45, 7) is 2.91. The van der Waals surface area contributed by atoms with Gasteiger partial charge >= 0.3 is 0 Å². The van der Waals surface area contributed by atoms with E-state index in [0.717, 1.165) is 19.4 Å². The summed E-state index contributed by atoms with van der Waals surface area (Å²) in [4.78, 5) is 25.1. The van der Waals surface area contributed by atoms with Crippen molar-refractivity contribution in [3.63, 3.8) is 0 Å². The second kappa shape index (κ2) is 8.62. The van der Waals surface area contributed by atoms with E-state index in [1.54, 1.807) is 18.2 Å². The number of carbonyl (C=O) groups is 2. The Kier molecular flexibility index (Phi) is 6.52. The van der Waals surface area contributed by atoms with Gasteiger partial charge in [0.2, 0.25) is 11.8 Å². The summed E-state index contributed by atoms with van der Waals surface area (Å²) < 4.78 is 19.0. The third-order valence-corrected chi connectivity index (χ3v) is 3.94. The van der Waals surface area contributed by atoms with Crippen molar-refractivity contribution in [1.82, 2.24) is 10.2 Å². The largest absolute Gasteiger partial charge is 0.376 e. The Balaban J connectivity index is 1.79. The lowest BCUT2D eigenvalue weighted by atomic mass is 10.1. The van der Waals surface area contributed by atoms with Crippen LogP contribution in [0, 0.1) is 5.82 Å². The molecule has 2 rings (SSSR count). The predicted octanol–water partition coefficient (Wildman–Crippen LogP) is 1.51. The fourth-order valence-electron chi connectivity index (χ4n) is 2.57. The highest BCUT2D eigenvalue weighted by atomic mass is 19.1. The summed E-state index contributed by atoms with van der Waals surface area (Å²) in [5.41, 5.74) is 0.540. The van der Waals surface area contributed by atoms with Crippen molar-refractivity contribution >= 4 is 11.8 Å². The van der Waals surface area contributed by atoms with Crippen LogP contribution in [0.4, 0.5) is 4.39 Å². The first-order valence-corrected chi connectivity index (χ1v) is 7.93. The van der Waals surface area contributed by atoms with Gasteiger partial charge in [-0.15, -0.1) is 0 Å². The molecule has 1 aliphatic heterocycles. The molecule has 0 aliphatic carbocycles. The molecule has 6 heteroatoms. The number of amides is 2. The molecule has 1 N–H and O–H groups in total. The molecule has 1 aliphatic rings. The smallest absolute Gasteiger partial charge is 0.239 e. The lowest BCUT2D eigenvalue weighted by Gasteiger charge is -2.21. The maximum absolute atomic E-state index is 13.6. The summed E-state index contributed by atoms with van der Waals surface area (Å²) in [6.07, 6.45) is 2.42. The van der Waals surface area contributed by atoms with Gasteiger partial charge in [0.15, 0.2) is 0 Å². The van der Waals surface area contributed by atoms with Gasteiger partial charge in [-0.2, -0.15) is 0 Å². The van der Waals surface area contributed by atoms with E-state index in [4.69, 9.17) is 4.74 Å². The second-order valence-corrected chi connectivity index (χ2v) is 5.72. The molecule has 0 bridgehead atoms. The van der Waals surface area contributed by atoms with Crippen LogP contribution in [0.15, 0.2) is 24.3 Å². The number of benzene rings is 1. The number of rotatable bonds is 7. The average Bonchev–Trinajstić information content (AvgIpc) is 3.04. The minimum Gasteiger partial charge on any atom is -0.376 e. The summed E-state index contributed by atoms with van der Waals surface area (Å²) in [5, 5.41) is 2.79. The Bertz CT molecular complexity index is 544. The third-order valence-electron chi connectivity index (χ3n) is 3.94. The Labute approximate surface area is 135 Å². The van der Waals surface area contributed by atoms with Crippen molar-refractivity contribution < 1.29 is 18.7 Å². The lowest BCUT2D eigenvalue weighted by molar-refractivity contribution is -0.134. The first kappa shape index (κ1) is 17.4. The highest BCUT2D eigenvalue weighted by Gasteiger charge is 2.18. The Morgan fingerprint density at radius 1 is 1.39 bits per heavy atom. The molecule has 2 amide bonds. The predicted molar refractivity (Wildman–Crippen MR) is 84.3 cm³/mol. The quantitative estimate of drug-likeness (QED) is 0.828. The van der Waals surface area contributed by atoms with Gasteiger partial charge in [-0.3, -0.25) is 9.59 Å². The van der Waals surface area contributed by atoms with Crippen molar-refractivity contribution in [3.8, 4) is 0 Å². The number of ether oxygens (including phenoxy) is 1. The molecule has 23 heavy (non-hydrogen) atoms. The summed E-state index contributed by atoms with van der Waals surface area (Å²) in [6, 6.07) is 6.46. The topological polar surface area (TPSA) is 58.6 Å². The van der Waals surface area contributed by atoms with Crippen molar-refractivity contribution in [2.75, 3.05) is 26.2 Å². The number of halogens is 1. The maximum Gasteiger partial charge on any atom is 0.239 e. The van der Waals surface area contributed by atoms with Crippen LogP contribution in [0.2, 0.25) is 0 Å². The molecule has 1 saturated heterocycles. The third kappa shape index (κ3) is 5.63. The molecule has 0 saturated carbocycles. The standard InChI is InChI=1S/C17H23FN2O3/c1-13(21)20(9-8-14-5-2-3-7-16(14)18)12-17(22)19-11-15-6-4-10-23-15/h2-3,5,7,15H,4,6,8-12H2,1H3,(H,19,22). The van der Waals surface area contributed by atoms with E-state index in [1.165, 1.54) is 17.9 Å². The highest BCUT2D eigenvalue weighted by Crippen LogP contribution is 2.10. The fraction of sp³-hybridized carbons (Fsp3) is 0.529. The van der Waals surface area contributed by atoms with Crippen LogP contribution in [0.1, 0.15) is 25.3 Å². The van der Waals surface area contributed by atoms with Crippen LogP contribution in [0.25, 0.3) is 0 Å². The molecule has 1 aromatic carbocycles. The van der Waals surface area contributed by atoms with Gasteiger partial charge in [-0.25, -0.2) is 4.39 Å². The number of carbonyl (C=O) groups excluding carboxylic acids is 2. The zero-order valence-electron chi connectivity index (χ0n) is 13.4. The van der Waals surface area contributed by atoms with Crippen LogP contribution < -0.4 is 5.32 Å². The zero-order valence-corrected chi connectivity index (χ0v) is 13.4. The molecule has 1 aromatic rings. The minimum absolute atomic E-state index is 0.0174. The minimum atomic E-state index is -0.293. The number of nitrogens with zero attached hydrogens (tertiary/aromatic N) is 1. The molecular formula is C17H23FN2O3. The van der Waals surface area contributed by atoms with Crippen LogP contribution in [-0.4, -0.2) is 49.1 Å². The van der Waals surface area contributed by atoms with E-state index in [9.17, 15) is 14.0 Å². The highest BCUT2D eigenvalue weighted by molar-refractivity contribution is 5.83. The maximum atomic E-state index is 13.6. The molecular weight excluding hydrogens is 299 g/mol. The molecule has 1 fully saturated rings. The van der Waals surface area contributed by atoms with Crippen molar-refractivity contribution in [2.45, 2.75) is 32.3 Å². The zero-order chi connectivity index (χ0) is 16.7. The molecule has 1 atom stereocenters. The summed E-state index contributed by atoms with van der Waals surface area (Å²) in [5.74, 6) is -0.711. The molecule has 126 valence electrons. The number of nitrogens with one attached hydrogen (secondary N) is 1. The Hall–Kier alpha value is -1.95. The van der Waals surface area contributed by atoms with Crippen LogP contribution in [-0.2, 0) is 20.7 Å². The van der Waals surface area contributed by atoms with Crippen LogP contribution >= 0.6 is 0 Å². The SMILES string of the molecule is CC(=O)N(CCc1ccccc1F)CC(=O)NCC1CCCO1. The second-order valence-electron chi connectivity index (χ2n) is 5.72. The van der Waals surface area contributed by atoms with E-state index >= 15 is 0 Å². The number of hydrogen-bond donors (Lipinski definition) is 1. The van der Waals surface area contributed by atoms with Crippen molar-refractivity contribution in [3.05, 3.63) is 35.6 Å². The summed E-state index contributed by atoms with van der Waals surface area (Å²) >= 11 is 0. The summed E-state index contributed by atoms with van der Waals surface area (Å²) in [7, 11) is 0.